The van der Waals surface area contributed by atoms with E-state index in [2.05, 4.69) is 18.5 Å². The van der Waals surface area contributed by atoms with Gasteiger partial charge in [0, 0.05) is 25.4 Å². The number of imidazole rings is 1. The highest BCUT2D eigenvalue weighted by Gasteiger charge is 2.19. The molecule has 0 aliphatic rings. The van der Waals surface area contributed by atoms with Gasteiger partial charge in [-0.15, -0.1) is 0 Å². The van der Waals surface area contributed by atoms with Gasteiger partial charge >= 0.3 is 0 Å². The first kappa shape index (κ1) is 15.2. The SMILES string of the molecule is O=S(=O)(NCCc1cn2ccccc2n1)c1cccc2nsnc12. The lowest BCUT2D eigenvalue weighted by atomic mass is 10.3. The number of hydrogen-bond acceptors (Lipinski definition) is 6. The van der Waals surface area contributed by atoms with Gasteiger partial charge in [-0.1, -0.05) is 12.1 Å². The van der Waals surface area contributed by atoms with Crippen LogP contribution in [0.1, 0.15) is 5.69 Å². The lowest BCUT2D eigenvalue weighted by Gasteiger charge is -2.06. The highest BCUT2D eigenvalue weighted by Crippen LogP contribution is 2.20. The van der Waals surface area contributed by atoms with Gasteiger partial charge in [-0.2, -0.15) is 8.75 Å². The average molecular weight is 359 g/mol. The van der Waals surface area contributed by atoms with Gasteiger partial charge in [0.2, 0.25) is 10.0 Å². The Balaban J connectivity index is 1.51. The van der Waals surface area contributed by atoms with Gasteiger partial charge in [-0.05, 0) is 24.3 Å². The Labute approximate surface area is 142 Å². The van der Waals surface area contributed by atoms with Gasteiger partial charge in [-0.25, -0.2) is 18.1 Å². The third kappa shape index (κ3) is 2.77. The third-order valence-corrected chi connectivity index (χ3v) is 5.66. The van der Waals surface area contributed by atoms with Gasteiger partial charge in [0.05, 0.1) is 17.4 Å². The molecule has 0 saturated heterocycles. The predicted molar refractivity (Wildman–Crippen MR) is 91.5 cm³/mol. The smallest absolute Gasteiger partial charge is 0.242 e. The number of benzene rings is 1. The van der Waals surface area contributed by atoms with Crippen molar-refractivity contribution in [2.24, 2.45) is 0 Å². The monoisotopic (exact) mass is 359 g/mol. The topological polar surface area (TPSA) is 89.2 Å². The number of nitrogens with one attached hydrogen (secondary N) is 1. The maximum Gasteiger partial charge on any atom is 0.242 e. The van der Waals surface area contributed by atoms with Crippen LogP contribution in [0.5, 0.6) is 0 Å². The fourth-order valence-corrected chi connectivity index (χ4v) is 4.29. The molecule has 1 N–H and O–H groups in total. The van der Waals surface area contributed by atoms with Gasteiger partial charge in [0.25, 0.3) is 0 Å². The standard InChI is InChI=1S/C15H13N5O2S2/c21-24(22,13-5-3-4-12-15(13)19-23-18-12)16-8-7-11-10-20-9-2-1-6-14(20)17-11/h1-6,9-10,16H,7-8H2. The summed E-state index contributed by atoms with van der Waals surface area (Å²) in [7, 11) is -3.64. The van der Waals surface area contributed by atoms with Crippen LogP contribution in [0.3, 0.4) is 0 Å². The van der Waals surface area contributed by atoms with Crippen LogP contribution in [-0.4, -0.2) is 33.1 Å². The molecule has 0 unspecified atom stereocenters. The zero-order chi connectivity index (χ0) is 16.6. The fourth-order valence-electron chi connectivity index (χ4n) is 2.50. The largest absolute Gasteiger partial charge is 0.307 e. The Bertz CT molecular complexity index is 1080. The molecular weight excluding hydrogens is 346 g/mol. The first-order valence-corrected chi connectivity index (χ1v) is 9.48. The summed E-state index contributed by atoms with van der Waals surface area (Å²) in [5.74, 6) is 0. The van der Waals surface area contributed by atoms with Crippen molar-refractivity contribution in [2.45, 2.75) is 11.3 Å². The molecule has 0 fully saturated rings. The second-order valence-corrected chi connectivity index (χ2v) is 7.50. The summed E-state index contributed by atoms with van der Waals surface area (Å²) in [6, 6.07) is 10.7. The Morgan fingerprint density at radius 2 is 2.04 bits per heavy atom. The van der Waals surface area contributed by atoms with E-state index in [-0.39, 0.29) is 11.4 Å². The number of aromatic nitrogens is 4. The van der Waals surface area contributed by atoms with E-state index in [9.17, 15) is 8.42 Å². The Hall–Kier alpha value is -2.36. The van der Waals surface area contributed by atoms with Crippen LogP contribution < -0.4 is 4.72 Å². The molecule has 0 spiro atoms. The molecule has 3 aromatic heterocycles. The summed E-state index contributed by atoms with van der Waals surface area (Å²) in [6.07, 6.45) is 4.31. The number of pyridine rings is 1. The minimum absolute atomic E-state index is 0.156. The predicted octanol–water partition coefficient (Wildman–Crippen LogP) is 1.86. The molecule has 1 aromatic carbocycles. The molecule has 0 radical (unpaired) electrons. The van der Waals surface area contributed by atoms with E-state index in [0.717, 1.165) is 23.1 Å². The number of fused-ring (bicyclic) bond motifs is 2. The first-order chi connectivity index (χ1) is 11.6. The van der Waals surface area contributed by atoms with E-state index in [4.69, 9.17) is 0 Å². The molecule has 122 valence electrons. The van der Waals surface area contributed by atoms with Crippen LogP contribution in [0.15, 0.2) is 53.7 Å². The molecule has 0 aliphatic heterocycles. The quantitative estimate of drug-likeness (QED) is 0.587. The van der Waals surface area contributed by atoms with Crippen molar-refractivity contribution in [3.8, 4) is 0 Å². The number of hydrogen-bond donors (Lipinski definition) is 1. The van der Waals surface area contributed by atoms with Gasteiger partial charge in [0.15, 0.2) is 0 Å². The van der Waals surface area contributed by atoms with Crippen LogP contribution in [0.25, 0.3) is 16.7 Å². The van der Waals surface area contributed by atoms with E-state index in [0.29, 0.717) is 17.5 Å². The first-order valence-electron chi connectivity index (χ1n) is 7.27. The molecule has 0 amide bonds. The Kier molecular flexibility index (Phi) is 3.75. The Morgan fingerprint density at radius 1 is 1.12 bits per heavy atom. The molecule has 0 saturated carbocycles. The number of rotatable bonds is 5. The third-order valence-electron chi connectivity index (χ3n) is 3.63. The maximum absolute atomic E-state index is 12.5. The van der Waals surface area contributed by atoms with E-state index in [1.165, 1.54) is 6.07 Å². The molecule has 24 heavy (non-hydrogen) atoms. The molecule has 9 heteroatoms. The fraction of sp³-hybridized carbons (Fsp3) is 0.133. The summed E-state index contributed by atoms with van der Waals surface area (Å²) in [5.41, 5.74) is 2.66. The van der Waals surface area contributed by atoms with Crippen LogP contribution in [0, 0.1) is 0 Å². The van der Waals surface area contributed by atoms with Crippen molar-refractivity contribution in [1.82, 2.24) is 22.9 Å². The summed E-state index contributed by atoms with van der Waals surface area (Å²) >= 11 is 1.00. The van der Waals surface area contributed by atoms with Gasteiger partial charge < -0.3 is 4.40 Å². The molecule has 3 heterocycles. The summed E-state index contributed by atoms with van der Waals surface area (Å²) < 4.78 is 37.7. The zero-order valence-corrected chi connectivity index (χ0v) is 14.1. The van der Waals surface area contributed by atoms with Gasteiger partial charge in [0.1, 0.15) is 21.6 Å². The molecule has 0 bridgehead atoms. The number of sulfonamides is 1. The molecular formula is C15H13N5O2S2. The highest BCUT2D eigenvalue weighted by molar-refractivity contribution is 7.89. The minimum atomic E-state index is -3.64. The molecule has 4 aromatic rings. The maximum atomic E-state index is 12.5. The van der Waals surface area contributed by atoms with Crippen molar-refractivity contribution >= 4 is 38.4 Å². The zero-order valence-electron chi connectivity index (χ0n) is 12.5. The lowest BCUT2D eigenvalue weighted by Crippen LogP contribution is -2.26. The minimum Gasteiger partial charge on any atom is -0.307 e. The summed E-state index contributed by atoms with van der Waals surface area (Å²) in [4.78, 5) is 4.61. The summed E-state index contributed by atoms with van der Waals surface area (Å²) in [5, 5.41) is 0. The van der Waals surface area contributed by atoms with E-state index in [1.807, 2.05) is 35.0 Å². The second-order valence-electron chi connectivity index (χ2n) is 5.23. The average Bonchev–Trinajstić information content (AvgIpc) is 3.20. The highest BCUT2D eigenvalue weighted by atomic mass is 32.2. The van der Waals surface area contributed by atoms with Crippen molar-refractivity contribution in [1.29, 1.82) is 0 Å². The second kappa shape index (κ2) is 5.93. The van der Waals surface area contributed by atoms with Gasteiger partial charge in [-0.3, -0.25) is 0 Å². The molecule has 7 nitrogen and oxygen atoms in total. The molecule has 4 rings (SSSR count). The van der Waals surface area contributed by atoms with Crippen molar-refractivity contribution in [3.05, 3.63) is 54.5 Å². The lowest BCUT2D eigenvalue weighted by molar-refractivity contribution is 0.582. The molecule has 0 aliphatic carbocycles. The van der Waals surface area contributed by atoms with Crippen LogP contribution >= 0.6 is 11.7 Å². The van der Waals surface area contributed by atoms with Crippen LogP contribution in [0.2, 0.25) is 0 Å². The van der Waals surface area contributed by atoms with Crippen molar-refractivity contribution in [2.75, 3.05) is 6.54 Å². The van der Waals surface area contributed by atoms with E-state index >= 15 is 0 Å². The van der Waals surface area contributed by atoms with Crippen LogP contribution in [0.4, 0.5) is 0 Å². The van der Waals surface area contributed by atoms with Crippen molar-refractivity contribution in [3.63, 3.8) is 0 Å². The van der Waals surface area contributed by atoms with E-state index in [1.54, 1.807) is 12.1 Å². The normalized spacial score (nSPS) is 12.2. The molecule has 0 atom stereocenters. The van der Waals surface area contributed by atoms with Crippen LogP contribution in [-0.2, 0) is 16.4 Å². The van der Waals surface area contributed by atoms with E-state index < -0.39 is 10.0 Å². The summed E-state index contributed by atoms with van der Waals surface area (Å²) in [6.45, 7) is 0.264. The number of nitrogens with zero attached hydrogens (tertiary/aromatic N) is 4. The van der Waals surface area contributed by atoms with Crippen molar-refractivity contribution < 1.29 is 8.42 Å². The Morgan fingerprint density at radius 3 is 2.92 bits per heavy atom.